The van der Waals surface area contributed by atoms with Gasteiger partial charge in [0.05, 0.1) is 0 Å². The van der Waals surface area contributed by atoms with Gasteiger partial charge in [-0.05, 0) is 42.9 Å². The summed E-state index contributed by atoms with van der Waals surface area (Å²) in [6.07, 6.45) is -3.22. The zero-order valence-electron chi connectivity index (χ0n) is 13.6. The van der Waals surface area contributed by atoms with Crippen LogP contribution in [0, 0.1) is 11.7 Å². The first-order chi connectivity index (χ1) is 11.8. The van der Waals surface area contributed by atoms with E-state index in [-0.39, 0.29) is 37.2 Å². The van der Waals surface area contributed by atoms with Gasteiger partial charge in [-0.1, -0.05) is 12.1 Å². The molecule has 1 aliphatic heterocycles. The Morgan fingerprint density at radius 1 is 1.12 bits per heavy atom. The second-order valence-corrected chi connectivity index (χ2v) is 6.16. The maximum atomic E-state index is 12.8. The van der Waals surface area contributed by atoms with Gasteiger partial charge in [-0.3, -0.25) is 9.59 Å². The Labute approximate surface area is 143 Å². The van der Waals surface area contributed by atoms with Gasteiger partial charge in [0, 0.05) is 26.1 Å². The zero-order chi connectivity index (χ0) is 18.4. The van der Waals surface area contributed by atoms with E-state index in [1.165, 1.54) is 12.1 Å². The van der Waals surface area contributed by atoms with Gasteiger partial charge < -0.3 is 10.2 Å². The van der Waals surface area contributed by atoms with Gasteiger partial charge in [0.2, 0.25) is 5.91 Å². The summed E-state index contributed by atoms with van der Waals surface area (Å²) in [7, 11) is 0. The highest BCUT2D eigenvalue weighted by Gasteiger charge is 2.43. The highest BCUT2D eigenvalue weighted by Crippen LogP contribution is 2.23. The van der Waals surface area contributed by atoms with Crippen LogP contribution in [0.5, 0.6) is 0 Å². The molecule has 138 valence electrons. The Hall–Kier alpha value is -2.12. The number of halogens is 4. The van der Waals surface area contributed by atoms with Crippen molar-refractivity contribution in [2.45, 2.75) is 31.9 Å². The SMILES string of the molecule is O=C(CCc1ccc(F)cc1)NCC1CCN(C(=O)C(F)(F)F)CC1. The lowest BCUT2D eigenvalue weighted by molar-refractivity contribution is -0.186. The summed E-state index contributed by atoms with van der Waals surface area (Å²) in [4.78, 5) is 23.8. The lowest BCUT2D eigenvalue weighted by Crippen LogP contribution is -2.46. The van der Waals surface area contributed by atoms with Gasteiger partial charge in [0.15, 0.2) is 0 Å². The van der Waals surface area contributed by atoms with E-state index in [1.807, 2.05) is 0 Å². The fourth-order valence-corrected chi connectivity index (χ4v) is 2.77. The highest BCUT2D eigenvalue weighted by atomic mass is 19.4. The van der Waals surface area contributed by atoms with Crippen LogP contribution in [0.1, 0.15) is 24.8 Å². The molecule has 4 nitrogen and oxygen atoms in total. The molecule has 2 amide bonds. The standard InChI is InChI=1S/C17H20F4N2O2/c18-14-4-1-12(2-5-14)3-6-15(24)22-11-13-7-9-23(10-8-13)16(25)17(19,20)21/h1-2,4-5,13H,3,6-11H2,(H,22,24). The van der Waals surface area contributed by atoms with Gasteiger partial charge in [-0.15, -0.1) is 0 Å². The number of alkyl halides is 3. The van der Waals surface area contributed by atoms with Gasteiger partial charge in [-0.2, -0.15) is 13.2 Å². The Balaban J connectivity index is 1.66. The van der Waals surface area contributed by atoms with Crippen molar-refractivity contribution in [2.75, 3.05) is 19.6 Å². The molecule has 1 aromatic carbocycles. The fraction of sp³-hybridized carbons (Fsp3) is 0.529. The molecule has 0 saturated carbocycles. The third-order valence-electron chi connectivity index (χ3n) is 4.29. The van der Waals surface area contributed by atoms with Gasteiger partial charge in [0.25, 0.3) is 0 Å². The Kier molecular flexibility index (Phi) is 6.39. The molecule has 1 aromatic rings. The second-order valence-electron chi connectivity index (χ2n) is 6.16. The largest absolute Gasteiger partial charge is 0.471 e. The number of carbonyl (C=O) groups is 2. The van der Waals surface area contributed by atoms with Crippen LogP contribution < -0.4 is 5.32 Å². The average molecular weight is 360 g/mol. The normalized spacial score (nSPS) is 15.9. The van der Waals surface area contributed by atoms with Gasteiger partial charge >= 0.3 is 12.1 Å². The molecule has 0 aromatic heterocycles. The topological polar surface area (TPSA) is 49.4 Å². The molecule has 1 fully saturated rings. The summed E-state index contributed by atoms with van der Waals surface area (Å²) >= 11 is 0. The van der Waals surface area contributed by atoms with E-state index < -0.39 is 12.1 Å². The fourth-order valence-electron chi connectivity index (χ4n) is 2.77. The van der Waals surface area contributed by atoms with Crippen molar-refractivity contribution < 1.29 is 27.2 Å². The summed E-state index contributed by atoms with van der Waals surface area (Å²) in [5.74, 6) is -2.22. The molecule has 25 heavy (non-hydrogen) atoms. The first-order valence-corrected chi connectivity index (χ1v) is 8.13. The molecule has 0 unspecified atom stereocenters. The van der Waals surface area contributed by atoms with Crippen LogP contribution in [0.15, 0.2) is 24.3 Å². The van der Waals surface area contributed by atoms with E-state index in [1.54, 1.807) is 12.1 Å². The van der Waals surface area contributed by atoms with Crippen molar-refractivity contribution in [3.8, 4) is 0 Å². The van der Waals surface area contributed by atoms with Gasteiger partial charge in [-0.25, -0.2) is 4.39 Å². The highest BCUT2D eigenvalue weighted by molar-refractivity contribution is 5.81. The number of hydrogen-bond donors (Lipinski definition) is 1. The lowest BCUT2D eigenvalue weighted by atomic mass is 9.96. The number of benzene rings is 1. The third-order valence-corrected chi connectivity index (χ3v) is 4.29. The summed E-state index contributed by atoms with van der Waals surface area (Å²) in [5.41, 5.74) is 0.857. The number of rotatable bonds is 5. The van der Waals surface area contributed by atoms with Crippen LogP contribution in [0.3, 0.4) is 0 Å². The molecule has 1 saturated heterocycles. The molecule has 1 heterocycles. The molecule has 8 heteroatoms. The minimum atomic E-state index is -4.83. The van der Waals surface area contributed by atoms with Crippen LogP contribution in [0.4, 0.5) is 17.6 Å². The van der Waals surface area contributed by atoms with E-state index in [0.717, 1.165) is 10.5 Å². The first-order valence-electron chi connectivity index (χ1n) is 8.13. The van der Waals surface area contributed by atoms with Crippen molar-refractivity contribution in [3.63, 3.8) is 0 Å². The second kappa shape index (κ2) is 8.31. The smallest absolute Gasteiger partial charge is 0.356 e. The number of nitrogens with one attached hydrogen (secondary N) is 1. The predicted octanol–water partition coefficient (Wildman–Crippen LogP) is 2.68. The molecular weight excluding hydrogens is 340 g/mol. The van der Waals surface area contributed by atoms with E-state index in [4.69, 9.17) is 0 Å². The molecule has 1 aliphatic rings. The zero-order valence-corrected chi connectivity index (χ0v) is 13.6. The molecule has 0 aliphatic carbocycles. The Morgan fingerprint density at radius 3 is 2.28 bits per heavy atom. The van der Waals surface area contributed by atoms with Gasteiger partial charge in [0.1, 0.15) is 5.82 Å². The van der Waals surface area contributed by atoms with Crippen LogP contribution in [-0.4, -0.2) is 42.5 Å². The van der Waals surface area contributed by atoms with Crippen molar-refractivity contribution in [3.05, 3.63) is 35.6 Å². The number of carbonyl (C=O) groups excluding carboxylic acids is 2. The Morgan fingerprint density at radius 2 is 1.72 bits per heavy atom. The lowest BCUT2D eigenvalue weighted by Gasteiger charge is -2.32. The van der Waals surface area contributed by atoms with Crippen LogP contribution in [-0.2, 0) is 16.0 Å². The van der Waals surface area contributed by atoms with Crippen molar-refractivity contribution in [1.82, 2.24) is 10.2 Å². The van der Waals surface area contributed by atoms with Crippen molar-refractivity contribution >= 4 is 11.8 Å². The van der Waals surface area contributed by atoms with Crippen molar-refractivity contribution in [1.29, 1.82) is 0 Å². The molecular formula is C17H20F4N2O2. The molecule has 0 bridgehead atoms. The number of piperidine rings is 1. The maximum Gasteiger partial charge on any atom is 0.471 e. The number of hydrogen-bond acceptors (Lipinski definition) is 2. The van der Waals surface area contributed by atoms with Crippen LogP contribution in [0.25, 0.3) is 0 Å². The minimum Gasteiger partial charge on any atom is -0.356 e. The average Bonchev–Trinajstić information content (AvgIpc) is 2.58. The summed E-state index contributed by atoms with van der Waals surface area (Å²) in [6, 6.07) is 5.92. The van der Waals surface area contributed by atoms with E-state index in [9.17, 15) is 27.2 Å². The quantitative estimate of drug-likeness (QED) is 0.821. The number of aryl methyl sites for hydroxylation is 1. The summed E-state index contributed by atoms with van der Waals surface area (Å²) < 4.78 is 49.9. The van der Waals surface area contributed by atoms with E-state index in [2.05, 4.69) is 5.32 Å². The van der Waals surface area contributed by atoms with Crippen molar-refractivity contribution in [2.24, 2.45) is 5.92 Å². The summed E-state index contributed by atoms with van der Waals surface area (Å²) in [5, 5.41) is 2.77. The summed E-state index contributed by atoms with van der Waals surface area (Å²) in [6.45, 7) is 0.485. The van der Waals surface area contributed by atoms with E-state index in [0.29, 0.717) is 25.8 Å². The molecule has 1 N–H and O–H groups in total. The monoisotopic (exact) mass is 360 g/mol. The maximum absolute atomic E-state index is 12.8. The molecule has 0 spiro atoms. The number of likely N-dealkylation sites (tertiary alicyclic amines) is 1. The molecule has 2 rings (SSSR count). The van der Waals surface area contributed by atoms with Crippen LogP contribution >= 0.6 is 0 Å². The number of amides is 2. The minimum absolute atomic E-state index is 0.0501. The molecule has 0 atom stereocenters. The van der Waals surface area contributed by atoms with E-state index >= 15 is 0 Å². The third kappa shape index (κ3) is 6.03. The van der Waals surface area contributed by atoms with Crippen LogP contribution in [0.2, 0.25) is 0 Å². The molecule has 0 radical (unpaired) electrons. The predicted molar refractivity (Wildman–Crippen MR) is 83.1 cm³/mol. The first kappa shape index (κ1) is 19.2. The number of nitrogens with zero attached hydrogens (tertiary/aromatic N) is 1. The Bertz CT molecular complexity index is 594.